The van der Waals surface area contributed by atoms with E-state index in [2.05, 4.69) is 19.2 Å². The Kier molecular flexibility index (Phi) is 16.5. The third-order valence-corrected chi connectivity index (χ3v) is 19.1. The fourth-order valence-electron chi connectivity index (χ4n) is 14.4. The van der Waals surface area contributed by atoms with Crippen molar-refractivity contribution in [3.63, 3.8) is 0 Å². The number of nitrogens with zero attached hydrogens (tertiary/aromatic N) is 7. The Labute approximate surface area is 541 Å². The largest absolute Gasteiger partial charge is 0.465 e. The van der Waals surface area contributed by atoms with Gasteiger partial charge in [-0.1, -0.05) is 163 Å². The maximum absolute atomic E-state index is 13.8. The average Bonchev–Trinajstić information content (AvgIpc) is 0.701. The van der Waals surface area contributed by atoms with E-state index in [1.807, 2.05) is 78.9 Å². The van der Waals surface area contributed by atoms with Crippen molar-refractivity contribution in [2.24, 2.45) is 0 Å². The van der Waals surface area contributed by atoms with Crippen LogP contribution >= 0.6 is 0 Å². The molecular weight excluding hydrogens is 1180 g/mol. The number of amides is 7. The lowest BCUT2D eigenvalue weighted by molar-refractivity contribution is 0.0592. The van der Waals surface area contributed by atoms with E-state index in [0.29, 0.717) is 147 Å². The lowest BCUT2D eigenvalue weighted by atomic mass is 9.86. The number of aromatic nitrogens is 4. The molecule has 8 aromatic carbocycles. The Morgan fingerprint density at radius 2 is 0.734 bits per heavy atom. The van der Waals surface area contributed by atoms with Crippen LogP contribution in [0, 0.1) is 0 Å². The van der Waals surface area contributed by atoms with Gasteiger partial charge in [0.25, 0.3) is 41.4 Å². The normalized spacial score (nSPS) is 13.8. The second kappa shape index (κ2) is 25.4. The van der Waals surface area contributed by atoms with Gasteiger partial charge in [-0.2, -0.15) is 0 Å². The maximum atomic E-state index is 13.8. The number of carbonyl (C=O) groups is 8. The summed E-state index contributed by atoms with van der Waals surface area (Å²) in [6, 6.07) is 34.0. The second-order valence-corrected chi connectivity index (χ2v) is 24.8. The summed E-state index contributed by atoms with van der Waals surface area (Å²) in [4.78, 5) is 132. The summed E-state index contributed by atoms with van der Waals surface area (Å²) >= 11 is 0. The van der Waals surface area contributed by atoms with Crippen LogP contribution in [0.15, 0.2) is 134 Å². The van der Waals surface area contributed by atoms with Crippen molar-refractivity contribution in [2.45, 2.75) is 104 Å². The Morgan fingerprint density at radius 1 is 0.372 bits per heavy atom. The van der Waals surface area contributed by atoms with E-state index < -0.39 is 5.97 Å². The van der Waals surface area contributed by atoms with Crippen molar-refractivity contribution in [3.8, 4) is 0 Å². The molecule has 7 amide bonds. The number of ether oxygens (including phenoxy) is 1. The third kappa shape index (κ3) is 10.2. The van der Waals surface area contributed by atoms with Crippen LogP contribution in [0.2, 0.25) is 0 Å². The monoisotopic (exact) mass is 1250 g/mol. The van der Waals surface area contributed by atoms with Crippen LogP contribution in [0.4, 0.5) is 0 Å². The molecule has 7 heterocycles. The van der Waals surface area contributed by atoms with Gasteiger partial charge in [0, 0.05) is 138 Å². The van der Waals surface area contributed by atoms with Crippen LogP contribution in [-0.2, 0) is 17.6 Å². The SMILES string of the molecule is CCCCCCCCN1C(=O)c2ccc3c4ncc(C(=O)OC)c5c(C(=O)NCCc6ccccc6)ccc(c6ncc(c2c36)C1=O)c54.CCCCCCCCN1C(=O)c2ccc3c4ncc5c6c(ccc(c7ncc(c2c37)C1=O)c64)C(=O)N(CCc1ccccc1)C5=O. The summed E-state index contributed by atoms with van der Waals surface area (Å²) in [5.74, 6) is -2.90. The van der Waals surface area contributed by atoms with Crippen molar-refractivity contribution >= 4 is 134 Å². The smallest absolute Gasteiger partial charge is 0.340 e. The van der Waals surface area contributed by atoms with Gasteiger partial charge in [-0.3, -0.25) is 68.2 Å². The van der Waals surface area contributed by atoms with Crippen LogP contribution in [-0.4, -0.2) is 115 Å². The number of esters is 1. The number of unbranched alkanes of at least 4 members (excludes halogenated alkanes) is 10. The summed E-state index contributed by atoms with van der Waals surface area (Å²) < 4.78 is 5.11. The fourth-order valence-corrected chi connectivity index (χ4v) is 14.4. The van der Waals surface area contributed by atoms with Gasteiger partial charge in [0.2, 0.25) is 0 Å². The van der Waals surface area contributed by atoms with Crippen LogP contribution < -0.4 is 5.32 Å². The first kappa shape index (κ1) is 60.9. The number of fused-ring (bicyclic) bond motifs is 4. The van der Waals surface area contributed by atoms with Crippen molar-refractivity contribution in [2.75, 3.05) is 33.3 Å². The Balaban J connectivity index is 0.000000163. The number of methoxy groups -OCH3 is 1. The molecule has 0 saturated carbocycles. The van der Waals surface area contributed by atoms with Crippen molar-refractivity contribution < 1.29 is 43.1 Å². The summed E-state index contributed by atoms with van der Waals surface area (Å²) in [5.41, 5.74) is 7.52. The molecule has 470 valence electrons. The van der Waals surface area contributed by atoms with E-state index >= 15 is 0 Å². The quantitative estimate of drug-likeness (QED) is 0.0220. The number of hydrogen-bond donors (Lipinski definition) is 1. The highest BCUT2D eigenvalue weighted by Gasteiger charge is 2.39. The highest BCUT2D eigenvalue weighted by atomic mass is 16.5. The zero-order valence-corrected chi connectivity index (χ0v) is 52.7. The lowest BCUT2D eigenvalue weighted by Crippen LogP contribution is -2.41. The molecule has 0 saturated heterocycles. The first-order chi connectivity index (χ1) is 45.9. The molecule has 0 radical (unpaired) electrons. The molecule has 3 aliphatic heterocycles. The van der Waals surface area contributed by atoms with Crippen LogP contribution in [0.1, 0.15) is 185 Å². The zero-order chi connectivity index (χ0) is 64.9. The number of imide groups is 3. The van der Waals surface area contributed by atoms with Crippen LogP contribution in [0.5, 0.6) is 0 Å². The average molecular weight is 1250 g/mol. The van der Waals surface area contributed by atoms with Crippen molar-refractivity contribution in [1.29, 1.82) is 0 Å². The minimum Gasteiger partial charge on any atom is -0.465 e. The molecule has 0 unspecified atom stereocenters. The molecule has 0 bridgehead atoms. The molecule has 12 aromatic rings. The molecule has 0 fully saturated rings. The predicted molar refractivity (Wildman–Crippen MR) is 363 cm³/mol. The van der Waals surface area contributed by atoms with Gasteiger partial charge >= 0.3 is 5.97 Å². The van der Waals surface area contributed by atoms with Crippen LogP contribution in [0.3, 0.4) is 0 Å². The van der Waals surface area contributed by atoms with E-state index in [9.17, 15) is 38.4 Å². The third-order valence-electron chi connectivity index (χ3n) is 19.1. The molecule has 15 rings (SSSR count). The number of hydrogen-bond acceptors (Lipinski definition) is 13. The van der Waals surface area contributed by atoms with E-state index in [0.717, 1.165) is 79.7 Å². The number of pyridine rings is 4. The summed E-state index contributed by atoms with van der Waals surface area (Å²) in [6.45, 7) is 5.77. The summed E-state index contributed by atoms with van der Waals surface area (Å²) in [6.07, 6.45) is 20.0. The highest BCUT2D eigenvalue weighted by Crippen LogP contribution is 2.47. The van der Waals surface area contributed by atoms with Gasteiger partial charge in [-0.25, -0.2) is 4.79 Å². The molecule has 17 heteroatoms. The molecular formula is C77H68N8O9. The van der Waals surface area contributed by atoms with Gasteiger partial charge in [0.05, 0.1) is 51.4 Å². The molecule has 0 spiro atoms. The van der Waals surface area contributed by atoms with Crippen molar-refractivity contribution in [3.05, 3.63) is 190 Å². The maximum Gasteiger partial charge on any atom is 0.340 e. The topological polar surface area (TPSA) is 219 Å². The molecule has 4 aromatic heterocycles. The first-order valence-corrected chi connectivity index (χ1v) is 32.8. The Morgan fingerprint density at radius 3 is 1.16 bits per heavy atom. The predicted octanol–water partition coefficient (Wildman–Crippen LogP) is 14.6. The number of carbonyl (C=O) groups excluding carboxylic acids is 8. The molecule has 0 aliphatic carbocycles. The Bertz CT molecular complexity index is 4920. The zero-order valence-electron chi connectivity index (χ0n) is 52.7. The molecule has 3 aliphatic rings. The van der Waals surface area contributed by atoms with Gasteiger partial charge in [-0.15, -0.1) is 0 Å². The van der Waals surface area contributed by atoms with Crippen LogP contribution in [0.25, 0.3) is 86.7 Å². The standard InChI is InChI=1S/C39H36N4O5.C38H32N4O4/c1-3-4-5-6-7-11-20-43-37(45)27-17-15-25-33-31(27)28(38(43)46)21-41-35(33)24-14-16-26(36(44)40-19-18-23-12-9-8-10-13-23)30-29(39(47)48-2)22-42-34(25)32(24)30;1-2-3-4-5-6-10-18-41-35(43)25-15-13-23-31-29(25)27(37(41)45)20-39-33(31)24-14-16-26-30-28(21-40-34(23)32(24)30)38(46)42(36(26)44)19-17-22-11-8-7-9-12-22/h8-10,12-17,21-22H,3-7,11,18-20H2,1-2H3,(H,40,44);7-9,11-16,20-21H,2-6,10,17-19H2,1H3. The molecule has 1 N–H and O–H groups in total. The number of benzene rings is 8. The molecule has 17 nitrogen and oxygen atoms in total. The minimum absolute atomic E-state index is 0.163. The highest BCUT2D eigenvalue weighted by molar-refractivity contribution is 6.41. The summed E-state index contributed by atoms with van der Waals surface area (Å²) in [7, 11) is 1.29. The van der Waals surface area contributed by atoms with E-state index in [1.165, 1.54) is 47.3 Å². The van der Waals surface area contributed by atoms with Gasteiger partial charge in [0.15, 0.2) is 0 Å². The van der Waals surface area contributed by atoms with Crippen molar-refractivity contribution in [1.82, 2.24) is 40.0 Å². The fraction of sp³-hybridized carbons (Fsp3) is 0.273. The lowest BCUT2D eigenvalue weighted by Gasteiger charge is -2.29. The molecule has 0 atom stereocenters. The minimum atomic E-state index is -0.616. The van der Waals surface area contributed by atoms with Gasteiger partial charge in [-0.05, 0) is 61.1 Å². The van der Waals surface area contributed by atoms with E-state index in [1.54, 1.807) is 48.9 Å². The second-order valence-electron chi connectivity index (χ2n) is 24.8. The number of nitrogens with one attached hydrogen (secondary N) is 1. The molecule has 94 heavy (non-hydrogen) atoms. The van der Waals surface area contributed by atoms with E-state index in [-0.39, 0.29) is 53.5 Å². The summed E-state index contributed by atoms with van der Waals surface area (Å²) in [5, 5.41) is 10.6. The number of rotatable bonds is 22. The van der Waals surface area contributed by atoms with E-state index in [4.69, 9.17) is 24.7 Å². The van der Waals surface area contributed by atoms with Gasteiger partial charge in [0.1, 0.15) is 0 Å². The Hall–Kier alpha value is -10.7. The first-order valence-electron chi connectivity index (χ1n) is 32.8. The van der Waals surface area contributed by atoms with Gasteiger partial charge < -0.3 is 10.1 Å².